The van der Waals surface area contributed by atoms with Crippen molar-refractivity contribution in [3.63, 3.8) is 0 Å². The van der Waals surface area contributed by atoms with Gasteiger partial charge in [-0.2, -0.15) is 0 Å². The van der Waals surface area contributed by atoms with E-state index in [2.05, 4.69) is 0 Å². The van der Waals surface area contributed by atoms with Crippen LogP contribution in [0.5, 0.6) is 0 Å². The molecule has 0 heterocycles. The first-order valence-electron chi connectivity index (χ1n) is 1.46. The number of nitrogens with two attached hydrogens (primary N) is 1. The highest BCUT2D eigenvalue weighted by atomic mass is 35.6. The lowest BCUT2D eigenvalue weighted by Crippen LogP contribution is -2.74. The van der Waals surface area contributed by atoms with Crippen LogP contribution in [0, 0.1) is 11.3 Å². The molecule has 0 amide bonds. The summed E-state index contributed by atoms with van der Waals surface area (Å²) in [6.07, 6.45) is 0. The fourth-order valence-corrected chi connectivity index (χ4v) is 0. The Kier molecular flexibility index (Phi) is 30.2. The molecule has 0 aliphatic rings. The van der Waals surface area contributed by atoms with Crippen LogP contribution < -0.4 is 14.6 Å². The molecule has 0 bridgehead atoms. The van der Waals surface area contributed by atoms with E-state index in [1.165, 1.54) is 0 Å². The zero-order valence-electron chi connectivity index (χ0n) is 3.77. The quantitative estimate of drug-likeness (QED) is 0.353. The van der Waals surface area contributed by atoms with Crippen molar-refractivity contribution >= 4 is 0 Å². The van der Waals surface area contributed by atoms with E-state index in [-0.39, 0.29) is 0 Å². The SMILES string of the molecule is C[NH2+]C.[O-][Cl+][O-]. The fraction of sp³-hybridized carbons (Fsp3) is 1.00. The van der Waals surface area contributed by atoms with Crippen LogP contribution in [-0.2, 0) is 0 Å². The summed E-state index contributed by atoms with van der Waals surface area (Å²) in [5.41, 5.74) is 0. The third kappa shape index (κ3) is 1450. The van der Waals surface area contributed by atoms with E-state index < -0.39 is 11.3 Å². The van der Waals surface area contributed by atoms with E-state index >= 15 is 0 Å². The Labute approximate surface area is 41.1 Å². The van der Waals surface area contributed by atoms with E-state index in [1.54, 1.807) is 0 Å². The smallest absolute Gasteiger partial charge is 0.0878 e. The second-order valence-electron chi connectivity index (χ2n) is 0.640. The van der Waals surface area contributed by atoms with Gasteiger partial charge in [0.15, 0.2) is 0 Å². The monoisotopic (exact) mass is 113 g/mol. The molecule has 6 heavy (non-hydrogen) atoms. The molecule has 0 fully saturated rings. The number of quaternary nitrogens is 1. The standard InChI is InChI=1S/C2H7N.ClO2/c1-3-2;2-1-3/h3H,1-2H3;/q;-1/p+1. The van der Waals surface area contributed by atoms with Crippen molar-refractivity contribution < 1.29 is 26.0 Å². The molecular formula is C2H8ClNO2. The van der Waals surface area contributed by atoms with Gasteiger partial charge in [0.25, 0.3) is 0 Å². The summed E-state index contributed by atoms with van der Waals surface area (Å²) in [6, 6.07) is 0. The lowest BCUT2D eigenvalue weighted by Gasteiger charge is -1.68. The van der Waals surface area contributed by atoms with Crippen molar-refractivity contribution in [3.8, 4) is 0 Å². The summed E-state index contributed by atoms with van der Waals surface area (Å²) in [4.78, 5) is 0. The minimum absolute atomic E-state index is 0.417. The third-order valence-corrected chi connectivity index (χ3v) is 0. The van der Waals surface area contributed by atoms with E-state index in [1.807, 2.05) is 19.4 Å². The largest absolute Gasteiger partial charge is 0.544 e. The van der Waals surface area contributed by atoms with Crippen molar-refractivity contribution in [3.05, 3.63) is 0 Å². The van der Waals surface area contributed by atoms with Crippen molar-refractivity contribution in [1.82, 2.24) is 0 Å². The molecule has 0 atom stereocenters. The molecule has 0 spiro atoms. The van der Waals surface area contributed by atoms with Crippen molar-refractivity contribution in [2.45, 2.75) is 0 Å². The van der Waals surface area contributed by atoms with Crippen molar-refractivity contribution in [2.24, 2.45) is 0 Å². The van der Waals surface area contributed by atoms with Crippen LogP contribution in [0.3, 0.4) is 0 Å². The highest BCUT2D eigenvalue weighted by Crippen LogP contribution is 0.940. The lowest BCUT2D eigenvalue weighted by molar-refractivity contribution is -1.41. The van der Waals surface area contributed by atoms with E-state index in [0.717, 1.165) is 0 Å². The fourth-order valence-electron chi connectivity index (χ4n) is 0. The third-order valence-electron chi connectivity index (χ3n) is 0. The van der Waals surface area contributed by atoms with E-state index in [4.69, 9.17) is 9.32 Å². The molecule has 0 aliphatic carbocycles. The molecule has 0 radical (unpaired) electrons. The molecule has 0 rings (SSSR count). The normalized spacial score (nSPS) is 6.00. The van der Waals surface area contributed by atoms with Gasteiger partial charge in [-0.15, -0.1) is 0 Å². The molecule has 4 heteroatoms. The highest BCUT2D eigenvalue weighted by Gasteiger charge is 1.29. The van der Waals surface area contributed by atoms with Gasteiger partial charge in [0.05, 0.1) is 25.4 Å². The minimum atomic E-state index is -0.417. The number of hydrogen-bond acceptors (Lipinski definition) is 2. The van der Waals surface area contributed by atoms with E-state index in [9.17, 15) is 0 Å². The molecular weight excluding hydrogens is 105 g/mol. The molecule has 0 aromatic carbocycles. The summed E-state index contributed by atoms with van der Waals surface area (Å²) in [7, 11) is 4.00. The molecule has 0 saturated carbocycles. The van der Waals surface area contributed by atoms with Crippen LogP contribution in [0.15, 0.2) is 0 Å². The van der Waals surface area contributed by atoms with Crippen molar-refractivity contribution in [1.29, 1.82) is 0 Å². The van der Waals surface area contributed by atoms with Crippen LogP contribution in [0.2, 0.25) is 0 Å². The topological polar surface area (TPSA) is 62.7 Å². The summed E-state index contributed by atoms with van der Waals surface area (Å²) >= 11 is -0.417. The van der Waals surface area contributed by atoms with Crippen LogP contribution in [0.25, 0.3) is 0 Å². The van der Waals surface area contributed by atoms with Gasteiger partial charge in [0, 0.05) is 0 Å². The van der Waals surface area contributed by atoms with Crippen LogP contribution >= 0.6 is 0 Å². The zero-order chi connectivity index (χ0) is 5.41. The Hall–Kier alpha value is 0.170. The van der Waals surface area contributed by atoms with Crippen LogP contribution in [0.1, 0.15) is 0 Å². The maximum absolute atomic E-state index is 8.24. The average molecular weight is 114 g/mol. The van der Waals surface area contributed by atoms with Gasteiger partial charge in [-0.25, -0.2) is 0 Å². The van der Waals surface area contributed by atoms with Gasteiger partial charge in [-0.1, -0.05) is 0 Å². The van der Waals surface area contributed by atoms with Crippen LogP contribution in [0.4, 0.5) is 0 Å². The Bertz CT molecular complexity index is 13.5. The molecule has 40 valence electrons. The maximum atomic E-state index is 8.24. The average Bonchev–Trinajstić information content (AvgIpc) is 1.39. The Morgan fingerprint density at radius 1 is 1.33 bits per heavy atom. The van der Waals surface area contributed by atoms with Gasteiger partial charge in [-0.3, -0.25) is 0 Å². The van der Waals surface area contributed by atoms with E-state index in [0.29, 0.717) is 0 Å². The second-order valence-corrected chi connectivity index (χ2v) is 0.766. The van der Waals surface area contributed by atoms with Gasteiger partial charge >= 0.3 is 0 Å². The van der Waals surface area contributed by atoms with Gasteiger partial charge < -0.3 is 14.6 Å². The van der Waals surface area contributed by atoms with Crippen molar-refractivity contribution in [2.75, 3.05) is 14.1 Å². The van der Waals surface area contributed by atoms with Gasteiger partial charge in [-0.05, 0) is 0 Å². The molecule has 0 aromatic heterocycles. The molecule has 0 aliphatic heterocycles. The first-order valence-corrected chi connectivity index (χ1v) is 2.08. The summed E-state index contributed by atoms with van der Waals surface area (Å²) in [6.45, 7) is 0. The summed E-state index contributed by atoms with van der Waals surface area (Å²) < 4.78 is 16.5. The summed E-state index contributed by atoms with van der Waals surface area (Å²) in [5, 5.41) is 2.00. The second kappa shape index (κ2) is 19.1. The van der Waals surface area contributed by atoms with Crippen LogP contribution in [-0.4, -0.2) is 14.1 Å². The number of rotatable bonds is 0. The first kappa shape index (κ1) is 9.48. The molecule has 0 saturated heterocycles. The molecule has 2 N–H and O–H groups in total. The van der Waals surface area contributed by atoms with Gasteiger partial charge in [0.2, 0.25) is 0 Å². The zero-order valence-corrected chi connectivity index (χ0v) is 4.53. The predicted octanol–water partition coefficient (Wildman–Crippen LogP) is -3.57. The predicted molar refractivity (Wildman–Crippen MR) is 13.8 cm³/mol. The number of halogens is 1. The Balaban J connectivity index is 0. The minimum Gasteiger partial charge on any atom is -0.544 e. The Morgan fingerprint density at radius 2 is 1.33 bits per heavy atom. The molecule has 0 unspecified atom stereocenters. The lowest BCUT2D eigenvalue weighted by atomic mass is 11.3. The summed E-state index contributed by atoms with van der Waals surface area (Å²) in [5.74, 6) is 0. The highest BCUT2D eigenvalue weighted by molar-refractivity contribution is 3.35. The maximum Gasteiger partial charge on any atom is 0.0878 e. The Morgan fingerprint density at radius 3 is 1.33 bits per heavy atom. The number of hydrogen-bond donors (Lipinski definition) is 1. The van der Waals surface area contributed by atoms with Gasteiger partial charge in [0.1, 0.15) is 0 Å². The molecule has 0 aromatic rings. The first-order chi connectivity index (χ1) is 2.83. The molecule has 3 nitrogen and oxygen atoms in total.